The van der Waals surface area contributed by atoms with Crippen LogP contribution in [0.15, 0.2) is 47.7 Å². The Morgan fingerprint density at radius 2 is 2.04 bits per heavy atom. The van der Waals surface area contributed by atoms with Gasteiger partial charge in [0.05, 0.1) is 25.2 Å². The third kappa shape index (κ3) is 2.59. The van der Waals surface area contributed by atoms with E-state index in [0.29, 0.717) is 23.5 Å². The first-order chi connectivity index (χ1) is 12.7. The Morgan fingerprint density at radius 3 is 2.77 bits per heavy atom. The van der Waals surface area contributed by atoms with Crippen LogP contribution in [-0.2, 0) is 18.0 Å². The van der Waals surface area contributed by atoms with Crippen LogP contribution >= 0.6 is 0 Å². The lowest BCUT2D eigenvalue weighted by atomic mass is 10.2. The summed E-state index contributed by atoms with van der Waals surface area (Å²) < 4.78 is 10.5. The first kappa shape index (κ1) is 16.5. The standard InChI is InChI=1S/C18H19N5O3/c1-2-22-14(13-6-4-3-5-7-13)10-23-17(25)15-16(20-18(22)23)21(11-19-15)12-26-9-8-24/h3-7,10-11,24H,2,8-9,12H2,1H3. The second-order valence-corrected chi connectivity index (χ2v) is 5.86. The first-order valence-corrected chi connectivity index (χ1v) is 8.45. The molecule has 0 spiro atoms. The molecule has 26 heavy (non-hydrogen) atoms. The normalized spacial score (nSPS) is 11.6. The first-order valence-electron chi connectivity index (χ1n) is 8.45. The van der Waals surface area contributed by atoms with Crippen molar-refractivity contribution in [2.45, 2.75) is 20.2 Å². The number of hydrogen-bond acceptors (Lipinski definition) is 5. The molecule has 1 N–H and O–H groups in total. The van der Waals surface area contributed by atoms with Crippen molar-refractivity contribution in [2.75, 3.05) is 13.2 Å². The van der Waals surface area contributed by atoms with Crippen LogP contribution in [0.3, 0.4) is 0 Å². The molecule has 0 saturated carbocycles. The zero-order valence-corrected chi connectivity index (χ0v) is 14.4. The van der Waals surface area contributed by atoms with Gasteiger partial charge in [-0.1, -0.05) is 30.3 Å². The molecule has 0 saturated heterocycles. The van der Waals surface area contributed by atoms with Gasteiger partial charge in [-0.25, -0.2) is 9.38 Å². The molecule has 1 aromatic carbocycles. The Kier molecular flexibility index (Phi) is 4.27. The van der Waals surface area contributed by atoms with E-state index in [1.165, 1.54) is 6.33 Å². The van der Waals surface area contributed by atoms with Gasteiger partial charge in [0.1, 0.15) is 6.73 Å². The Labute approximate surface area is 148 Å². The summed E-state index contributed by atoms with van der Waals surface area (Å²) in [7, 11) is 0. The zero-order chi connectivity index (χ0) is 18.1. The van der Waals surface area contributed by atoms with Crippen LogP contribution in [0.25, 0.3) is 28.2 Å². The predicted molar refractivity (Wildman–Crippen MR) is 96.9 cm³/mol. The van der Waals surface area contributed by atoms with Crippen LogP contribution in [0.4, 0.5) is 0 Å². The molecule has 0 bridgehead atoms. The fraction of sp³-hybridized carbons (Fsp3) is 0.278. The number of aryl methyl sites for hydroxylation is 1. The van der Waals surface area contributed by atoms with Gasteiger partial charge in [0, 0.05) is 12.7 Å². The molecule has 0 radical (unpaired) electrons. The lowest BCUT2D eigenvalue weighted by Gasteiger charge is -2.07. The smallest absolute Gasteiger partial charge is 0.287 e. The molecule has 3 heterocycles. The molecule has 0 fully saturated rings. The van der Waals surface area contributed by atoms with Gasteiger partial charge in [0.2, 0.25) is 5.78 Å². The van der Waals surface area contributed by atoms with Crippen molar-refractivity contribution in [1.29, 1.82) is 0 Å². The highest BCUT2D eigenvalue weighted by atomic mass is 16.5. The van der Waals surface area contributed by atoms with Crippen molar-refractivity contribution in [2.24, 2.45) is 0 Å². The van der Waals surface area contributed by atoms with E-state index in [1.807, 2.05) is 48.0 Å². The molecule has 134 valence electrons. The van der Waals surface area contributed by atoms with Gasteiger partial charge in [0.25, 0.3) is 5.56 Å². The highest BCUT2D eigenvalue weighted by molar-refractivity contribution is 5.73. The second kappa shape index (κ2) is 6.74. The third-order valence-corrected chi connectivity index (χ3v) is 4.29. The zero-order valence-electron chi connectivity index (χ0n) is 14.4. The van der Waals surface area contributed by atoms with E-state index < -0.39 is 0 Å². The summed E-state index contributed by atoms with van der Waals surface area (Å²) in [4.78, 5) is 21.8. The summed E-state index contributed by atoms with van der Waals surface area (Å²) in [6.45, 7) is 3.02. The molecule has 0 amide bonds. The lowest BCUT2D eigenvalue weighted by Crippen LogP contribution is -2.16. The topological polar surface area (TPSA) is 86.6 Å². The van der Waals surface area contributed by atoms with Gasteiger partial charge < -0.3 is 14.4 Å². The number of fused-ring (bicyclic) bond motifs is 2. The molecule has 0 aliphatic carbocycles. The van der Waals surface area contributed by atoms with Gasteiger partial charge in [-0.2, -0.15) is 4.98 Å². The molecular weight excluding hydrogens is 334 g/mol. The maximum atomic E-state index is 12.9. The van der Waals surface area contributed by atoms with Crippen molar-refractivity contribution in [1.82, 2.24) is 23.5 Å². The highest BCUT2D eigenvalue weighted by Crippen LogP contribution is 2.22. The van der Waals surface area contributed by atoms with Crippen molar-refractivity contribution < 1.29 is 9.84 Å². The number of benzene rings is 1. The Balaban J connectivity index is 1.93. The largest absolute Gasteiger partial charge is 0.394 e. The highest BCUT2D eigenvalue weighted by Gasteiger charge is 2.17. The van der Waals surface area contributed by atoms with Crippen LogP contribution < -0.4 is 5.56 Å². The quantitative estimate of drug-likeness (QED) is 0.531. The second-order valence-electron chi connectivity index (χ2n) is 5.86. The van der Waals surface area contributed by atoms with Crippen LogP contribution in [0.1, 0.15) is 6.92 Å². The van der Waals surface area contributed by atoms with Crippen LogP contribution in [0.5, 0.6) is 0 Å². The van der Waals surface area contributed by atoms with Crippen LogP contribution in [0.2, 0.25) is 0 Å². The fourth-order valence-corrected chi connectivity index (χ4v) is 3.08. The Morgan fingerprint density at radius 1 is 1.23 bits per heavy atom. The Hall–Kier alpha value is -2.97. The summed E-state index contributed by atoms with van der Waals surface area (Å²) in [5, 5.41) is 8.85. The summed E-state index contributed by atoms with van der Waals surface area (Å²) in [6, 6.07) is 9.90. The summed E-state index contributed by atoms with van der Waals surface area (Å²) in [5.74, 6) is 0.563. The maximum Gasteiger partial charge on any atom is 0.287 e. The summed E-state index contributed by atoms with van der Waals surface area (Å²) in [6.07, 6.45) is 3.34. The van der Waals surface area contributed by atoms with E-state index in [9.17, 15) is 4.79 Å². The molecule has 4 rings (SSSR count). The fourth-order valence-electron chi connectivity index (χ4n) is 3.08. The van der Waals surface area contributed by atoms with Gasteiger partial charge in [0.15, 0.2) is 11.2 Å². The number of aliphatic hydroxyl groups excluding tert-OH is 1. The molecule has 0 aliphatic rings. The molecule has 0 unspecified atom stereocenters. The number of aromatic nitrogens is 5. The van der Waals surface area contributed by atoms with Crippen LogP contribution in [0, 0.1) is 0 Å². The molecular formula is C18H19N5O3. The average molecular weight is 353 g/mol. The molecule has 8 nitrogen and oxygen atoms in total. The summed E-state index contributed by atoms with van der Waals surface area (Å²) >= 11 is 0. The number of hydrogen-bond donors (Lipinski definition) is 1. The number of nitrogens with zero attached hydrogens (tertiary/aromatic N) is 5. The molecule has 4 aromatic rings. The predicted octanol–water partition coefficient (Wildman–Crippen LogP) is 1.50. The minimum atomic E-state index is -0.213. The average Bonchev–Trinajstić information content (AvgIpc) is 3.25. The Bertz CT molecular complexity index is 1110. The number of aliphatic hydroxyl groups is 1. The minimum Gasteiger partial charge on any atom is -0.394 e. The van der Waals surface area contributed by atoms with Crippen LogP contribution in [-0.4, -0.2) is 41.8 Å². The van der Waals surface area contributed by atoms with Crippen molar-refractivity contribution >= 4 is 16.9 Å². The molecule has 0 aliphatic heterocycles. The lowest BCUT2D eigenvalue weighted by molar-refractivity contribution is 0.0499. The van der Waals surface area contributed by atoms with E-state index in [2.05, 4.69) is 9.97 Å². The minimum absolute atomic E-state index is 0.0634. The van der Waals surface area contributed by atoms with Gasteiger partial charge in [-0.05, 0) is 12.5 Å². The third-order valence-electron chi connectivity index (χ3n) is 4.29. The van der Waals surface area contributed by atoms with E-state index in [1.54, 1.807) is 8.97 Å². The SMILES string of the molecule is CCn1c(-c2ccccc2)cn2c(=O)c3ncn(COCCO)c3nc12. The molecule has 0 atom stereocenters. The van der Waals surface area contributed by atoms with Gasteiger partial charge >= 0.3 is 0 Å². The summed E-state index contributed by atoms with van der Waals surface area (Å²) in [5.41, 5.74) is 2.50. The molecule has 3 aromatic heterocycles. The van der Waals surface area contributed by atoms with Gasteiger partial charge in [-0.3, -0.25) is 9.36 Å². The maximum absolute atomic E-state index is 12.9. The molecule has 8 heteroatoms. The van der Waals surface area contributed by atoms with Crippen molar-refractivity contribution in [3.63, 3.8) is 0 Å². The number of rotatable bonds is 6. The van der Waals surface area contributed by atoms with Crippen molar-refractivity contribution in [3.05, 3.63) is 53.2 Å². The van der Waals surface area contributed by atoms with Crippen molar-refractivity contribution in [3.8, 4) is 11.3 Å². The number of imidazole rings is 2. The van der Waals surface area contributed by atoms with E-state index in [0.717, 1.165) is 11.3 Å². The number of ether oxygens (including phenoxy) is 1. The van der Waals surface area contributed by atoms with E-state index in [4.69, 9.17) is 9.84 Å². The van der Waals surface area contributed by atoms with Gasteiger partial charge in [-0.15, -0.1) is 0 Å². The van der Waals surface area contributed by atoms with E-state index in [-0.39, 0.29) is 25.5 Å². The van der Waals surface area contributed by atoms with E-state index >= 15 is 0 Å². The monoisotopic (exact) mass is 353 g/mol.